The summed E-state index contributed by atoms with van der Waals surface area (Å²) in [6, 6.07) is 57.9. The first-order valence-corrected chi connectivity index (χ1v) is 48.8. The molecule has 49 heteroatoms. The highest BCUT2D eigenvalue weighted by molar-refractivity contribution is 7.91. The average Bonchev–Trinajstić information content (AvgIpc) is 1.59. The van der Waals surface area contributed by atoms with Crippen LogP contribution in [0.4, 0.5) is 74.6 Å². The Labute approximate surface area is 840 Å². The van der Waals surface area contributed by atoms with Crippen LogP contribution in [0.5, 0.6) is 5.75 Å². The van der Waals surface area contributed by atoms with Crippen LogP contribution in [-0.4, -0.2) is 132 Å². The van der Waals surface area contributed by atoms with Gasteiger partial charge in [-0.25, -0.2) is 100 Å². The SMILES string of the molecule is CC(C)(C)c1ccc2c(c1)cc(C(=O)O)n2Cc1ccc(C(F)(F)F)cc1.O=C(O)c1cc2cc(F)ccc2n1CCc1ccc(F)cc1.O=C(O)c1cc2cc(F)ccc2n1S(=O)(=O)c1ccc(C(F)(F)F)cc1.O=C(O)c1cc2cc(F)ccc2n1S(=O)(=O)c1ccc(Cl)cc1.O=C(O)c1cc2cc(F)ccc2n1S(=O)(=O)c1ccc(OC(F)(F)F)cc1.O=C(O)c1cc2ccccc2n1S(=O)(=O)c1cccc(C(F)(F)F)c1. The minimum atomic E-state index is -4.95. The number of aromatic carboxylic acids is 6. The molecule has 27 nitrogen and oxygen atoms in total. The quantitative estimate of drug-likeness (QED) is 0.0386. The number of halogens is 18. The lowest BCUT2D eigenvalue weighted by Gasteiger charge is -2.19. The summed E-state index contributed by atoms with van der Waals surface area (Å²) in [4.78, 5) is 67.0. The van der Waals surface area contributed by atoms with Crippen LogP contribution in [0.3, 0.4) is 0 Å². The highest BCUT2D eigenvalue weighted by Gasteiger charge is 2.38. The molecule has 0 atom stereocenters. The molecule has 0 aliphatic rings. The standard InChI is InChI=1S/C21H20F3NO2.C17H13F2NO2.C16H9F4NO5S.C16H9F4NO4S.C16H10F3NO4S.C15H9ClFNO4S/c1-20(2,3)16-8-9-17-14(10-16)11-18(19(26)27)25(17)12-13-4-6-15(7-5-13)21(22,23)24;18-13-3-1-11(2-4-13)7-8-20-15-6-5-14(19)9-12(15)10-16(20)17(21)22;17-10-1-6-13-9(7-10)8-14(15(22)23)21(13)27(24,25)12-4-2-11(3-5-12)26-16(18,19)20;17-11-3-6-13-9(7-11)8-14(15(22)23)21(13)26(24,25)12-4-1-10(2-5-12)16(18,19)20;17-16(18,19)11-5-3-6-12(9-11)25(23,24)20-13-7-2-1-4-10(13)8-14(20)15(21)22;16-10-1-4-12(5-2-10)23(21,22)18-13-6-3-11(17)7-9(13)8-14(18)15(19)20/h4-11H,12H2,1-3H3,(H,26,27);1-6,9-10H,7-8H2,(H,21,22);1-8H,(H,22,23);1-8H,(H,22,23);1-9H,(H,21,22);1-8H,(H,19,20). The van der Waals surface area contributed by atoms with Gasteiger partial charge in [-0.3, -0.25) is 0 Å². The smallest absolute Gasteiger partial charge is 0.477 e. The number of para-hydroxylation sites is 1. The molecule has 6 heterocycles. The molecule has 0 radical (unpaired) electrons. The van der Waals surface area contributed by atoms with Gasteiger partial charge in [0, 0.05) is 61.5 Å². The van der Waals surface area contributed by atoms with E-state index in [4.69, 9.17) is 11.6 Å². The van der Waals surface area contributed by atoms with E-state index >= 15 is 0 Å². The van der Waals surface area contributed by atoms with E-state index in [0.717, 1.165) is 162 Å². The summed E-state index contributed by atoms with van der Waals surface area (Å²) in [6.45, 7) is 6.82. The maximum absolute atomic E-state index is 13.4. The Kier molecular flexibility index (Phi) is 31.5. The molecule has 150 heavy (non-hydrogen) atoms. The summed E-state index contributed by atoms with van der Waals surface area (Å²) in [7, 11) is -17.7. The molecule has 18 aromatic rings. The van der Waals surface area contributed by atoms with E-state index in [9.17, 15) is 168 Å². The van der Waals surface area contributed by atoms with E-state index in [1.165, 1.54) is 91.0 Å². The fourth-order valence-corrected chi connectivity index (χ4v) is 21.5. The van der Waals surface area contributed by atoms with Crippen molar-refractivity contribution in [1.82, 2.24) is 25.0 Å². The first-order valence-electron chi connectivity index (χ1n) is 42.7. The van der Waals surface area contributed by atoms with Crippen molar-refractivity contribution in [2.24, 2.45) is 0 Å². The number of nitrogens with zero attached hydrogens (tertiary/aromatic N) is 6. The summed E-state index contributed by atoms with van der Waals surface area (Å²) < 4.78 is 329. The fourth-order valence-electron chi connectivity index (χ4n) is 15.4. The zero-order valence-electron chi connectivity index (χ0n) is 76.3. The third-order valence-corrected chi connectivity index (χ3v) is 29.5. The van der Waals surface area contributed by atoms with Gasteiger partial charge in [0.25, 0.3) is 40.1 Å². The number of carbonyl (C=O) groups is 6. The third kappa shape index (κ3) is 24.6. The van der Waals surface area contributed by atoms with Crippen molar-refractivity contribution in [2.75, 3.05) is 0 Å². The molecule has 6 aromatic heterocycles. The number of carboxylic acids is 6. The summed E-state index contributed by atoms with van der Waals surface area (Å²) in [6.07, 6.45) is -18.2. The molecule has 0 unspecified atom stereocenters. The highest BCUT2D eigenvalue weighted by Crippen LogP contribution is 2.40. The maximum Gasteiger partial charge on any atom is 0.573 e. The lowest BCUT2D eigenvalue weighted by Crippen LogP contribution is -2.19. The molecule has 0 saturated carbocycles. The topological polar surface area (TPSA) is 399 Å². The van der Waals surface area contributed by atoms with Gasteiger partial charge in [-0.05, 0) is 271 Å². The zero-order chi connectivity index (χ0) is 110. The number of benzene rings is 12. The van der Waals surface area contributed by atoms with Crippen LogP contribution in [0.25, 0.3) is 65.4 Å². The van der Waals surface area contributed by atoms with Crippen LogP contribution in [-0.2, 0) is 83.5 Å². The number of alkyl halides is 12. The van der Waals surface area contributed by atoms with Crippen LogP contribution >= 0.6 is 11.6 Å². The lowest BCUT2D eigenvalue weighted by molar-refractivity contribution is -0.274. The first-order chi connectivity index (χ1) is 69.9. The van der Waals surface area contributed by atoms with E-state index in [1.54, 1.807) is 39.5 Å². The van der Waals surface area contributed by atoms with Crippen LogP contribution in [0.2, 0.25) is 5.02 Å². The summed E-state index contributed by atoms with van der Waals surface area (Å²) in [5.41, 5.74) is -1.16. The number of hydrogen-bond acceptors (Lipinski definition) is 15. The summed E-state index contributed by atoms with van der Waals surface area (Å²) in [5, 5.41) is 58.3. The second kappa shape index (κ2) is 42.7. The molecule has 6 N–H and O–H groups in total. The predicted molar refractivity (Wildman–Crippen MR) is 510 cm³/mol. The molecule has 12 aromatic carbocycles. The minimum absolute atomic E-state index is 0.0258. The molecule has 0 fully saturated rings. The zero-order valence-corrected chi connectivity index (χ0v) is 80.4. The molecular weight excluding hydrogens is 2120 g/mol. The Morgan fingerprint density at radius 2 is 0.593 bits per heavy atom. The largest absolute Gasteiger partial charge is 0.573 e. The number of hydrogen-bond donors (Lipinski definition) is 6. The van der Waals surface area contributed by atoms with Crippen molar-refractivity contribution < 1.29 is 172 Å². The number of fused-ring (bicyclic) bond motifs is 6. The molecule has 0 bridgehead atoms. The molecule has 0 spiro atoms. The van der Waals surface area contributed by atoms with Crippen LogP contribution in [0.15, 0.2) is 317 Å². The summed E-state index contributed by atoms with van der Waals surface area (Å²) >= 11 is 5.74. The van der Waals surface area contributed by atoms with Crippen molar-refractivity contribution in [1.29, 1.82) is 0 Å². The van der Waals surface area contributed by atoms with Crippen LogP contribution < -0.4 is 4.74 Å². The second-order valence-electron chi connectivity index (χ2n) is 33.3. The maximum atomic E-state index is 13.4. The van der Waals surface area contributed by atoms with Gasteiger partial charge in [0.15, 0.2) is 0 Å². The number of aryl methyl sites for hydroxylation is 2. The van der Waals surface area contributed by atoms with Gasteiger partial charge in [0.1, 0.15) is 69.0 Å². The monoisotopic (exact) mass is 2190 g/mol. The van der Waals surface area contributed by atoms with Gasteiger partial charge in [0.05, 0.1) is 58.3 Å². The normalized spacial score (nSPS) is 12.1. The summed E-state index contributed by atoms with van der Waals surface area (Å²) in [5.74, 6) is -11.6. The highest BCUT2D eigenvalue weighted by atomic mass is 35.5. The number of ether oxygens (including phenoxy) is 1. The first kappa shape index (κ1) is 111. The van der Waals surface area contributed by atoms with Crippen LogP contribution in [0.1, 0.15) is 117 Å². The third-order valence-electron chi connectivity index (χ3n) is 22.3. The van der Waals surface area contributed by atoms with E-state index in [1.807, 2.05) is 18.2 Å². The lowest BCUT2D eigenvalue weighted by atomic mass is 9.86. The van der Waals surface area contributed by atoms with Gasteiger partial charge in [-0.2, -0.15) is 39.5 Å². The Hall–Kier alpha value is -16.6. The molecule has 780 valence electrons. The van der Waals surface area contributed by atoms with Gasteiger partial charge >= 0.3 is 60.7 Å². The second-order valence-corrected chi connectivity index (χ2v) is 40.9. The number of carboxylic acid groups (broad SMARTS) is 6. The number of aromatic nitrogens is 6. The molecule has 0 aliphatic heterocycles. The molecule has 0 aliphatic carbocycles. The van der Waals surface area contributed by atoms with Crippen molar-refractivity contribution in [3.05, 3.63) is 399 Å². The van der Waals surface area contributed by atoms with Gasteiger partial charge in [-0.15, -0.1) is 13.2 Å². The Morgan fingerprint density at radius 1 is 0.287 bits per heavy atom. The van der Waals surface area contributed by atoms with Gasteiger partial charge in [-0.1, -0.05) is 87.0 Å². The Bertz CT molecular complexity index is 8830. The minimum Gasteiger partial charge on any atom is -0.477 e. The molecular formula is C101H70ClF17N6O21S4. The average molecular weight is 2190 g/mol. The van der Waals surface area contributed by atoms with Gasteiger partial charge in [0.2, 0.25) is 0 Å². The number of rotatable bonds is 20. The molecule has 0 amide bonds. The predicted octanol–water partition coefficient (Wildman–Crippen LogP) is 23.9. The van der Waals surface area contributed by atoms with E-state index in [-0.39, 0.29) is 72.3 Å². The fraction of sp³-hybridized carbons (Fsp3) is 0.109. The van der Waals surface area contributed by atoms with Crippen molar-refractivity contribution in [3.63, 3.8) is 0 Å². The Morgan fingerprint density at radius 3 is 0.987 bits per heavy atom. The Balaban J connectivity index is 0.000000150. The van der Waals surface area contributed by atoms with Gasteiger partial charge < -0.3 is 44.5 Å². The molecule has 18 rings (SSSR count). The van der Waals surface area contributed by atoms with Crippen LogP contribution in [0, 0.1) is 29.1 Å². The van der Waals surface area contributed by atoms with E-state index < -0.39 is 184 Å². The molecule has 0 saturated heterocycles. The van der Waals surface area contributed by atoms with Crippen molar-refractivity contribution in [3.8, 4) is 5.75 Å². The van der Waals surface area contributed by atoms with Crippen molar-refractivity contribution in [2.45, 2.75) is 90.2 Å². The van der Waals surface area contributed by atoms with E-state index in [0.29, 0.717) is 73.9 Å². The van der Waals surface area contributed by atoms with Crippen molar-refractivity contribution >= 4 is 153 Å². The van der Waals surface area contributed by atoms with E-state index in [2.05, 4.69) is 25.5 Å².